The number of fused-ring (bicyclic) bond motifs is 2. The summed E-state index contributed by atoms with van der Waals surface area (Å²) in [7, 11) is -0.899. The average Bonchev–Trinajstić information content (AvgIpc) is 3.70. The third-order valence-electron chi connectivity index (χ3n) is 8.25. The van der Waals surface area contributed by atoms with Crippen LogP contribution < -0.4 is 14.5 Å². The van der Waals surface area contributed by atoms with Crippen molar-refractivity contribution in [2.45, 2.75) is 0 Å². The molecule has 3 aromatic carbocycles. The highest BCUT2D eigenvalue weighted by atomic mass is 32.2. The van der Waals surface area contributed by atoms with Gasteiger partial charge in [0, 0.05) is 49.8 Å². The van der Waals surface area contributed by atoms with Crippen LogP contribution in [0.4, 0.5) is 20.3 Å². The molecule has 1 N–H and O–H groups in total. The highest BCUT2D eigenvalue weighted by Crippen LogP contribution is 2.43. The molecule has 1 amide bonds. The minimum absolute atomic E-state index is 0.0495. The Hall–Kier alpha value is -5.34. The molecule has 48 heavy (non-hydrogen) atoms. The molecule has 0 atom stereocenters. The van der Waals surface area contributed by atoms with E-state index in [0.29, 0.717) is 54.2 Å². The number of pyridine rings is 1. The van der Waals surface area contributed by atoms with Crippen molar-refractivity contribution in [2.24, 2.45) is 0 Å². The number of anilines is 2. The molecule has 1 aliphatic heterocycles. The molecule has 7 rings (SSSR count). The van der Waals surface area contributed by atoms with Crippen molar-refractivity contribution in [1.29, 1.82) is 0 Å². The van der Waals surface area contributed by atoms with Gasteiger partial charge in [-0.1, -0.05) is 6.07 Å². The Morgan fingerprint density at radius 2 is 1.69 bits per heavy atom. The van der Waals surface area contributed by atoms with Crippen LogP contribution in [-0.2, 0) is 14.8 Å². The van der Waals surface area contributed by atoms with E-state index in [1.165, 1.54) is 50.5 Å². The van der Waals surface area contributed by atoms with E-state index in [2.05, 4.69) is 10.3 Å². The maximum absolute atomic E-state index is 14.6. The van der Waals surface area contributed by atoms with Crippen LogP contribution in [0.3, 0.4) is 0 Å². The molecule has 0 aliphatic carbocycles. The Labute approximate surface area is 273 Å². The number of sulfonamides is 1. The van der Waals surface area contributed by atoms with E-state index in [1.54, 1.807) is 30.3 Å². The van der Waals surface area contributed by atoms with E-state index in [1.807, 2.05) is 4.90 Å². The van der Waals surface area contributed by atoms with Crippen molar-refractivity contribution < 1.29 is 35.6 Å². The van der Waals surface area contributed by atoms with Gasteiger partial charge in [-0.25, -0.2) is 27.2 Å². The number of morpholine rings is 1. The number of ether oxygens (including phenoxy) is 1. The fraction of sp³-hybridized carbons (Fsp3) is 0.206. The van der Waals surface area contributed by atoms with Gasteiger partial charge in [0.05, 0.1) is 30.7 Å². The summed E-state index contributed by atoms with van der Waals surface area (Å²) in [4.78, 5) is 24.6. The first-order valence-corrected chi connectivity index (χ1v) is 16.8. The van der Waals surface area contributed by atoms with Gasteiger partial charge >= 0.3 is 0 Å². The lowest BCUT2D eigenvalue weighted by Crippen LogP contribution is -2.36. The van der Waals surface area contributed by atoms with Gasteiger partial charge in [-0.3, -0.25) is 9.10 Å². The number of amides is 1. The number of rotatable bonds is 7. The largest absolute Gasteiger partial charge is 0.455 e. The van der Waals surface area contributed by atoms with Gasteiger partial charge in [-0.05, 0) is 60.2 Å². The molecule has 1 aliphatic rings. The van der Waals surface area contributed by atoms with E-state index in [-0.39, 0.29) is 45.3 Å². The van der Waals surface area contributed by atoms with Crippen molar-refractivity contribution in [3.63, 3.8) is 0 Å². The van der Waals surface area contributed by atoms with Crippen LogP contribution in [0.5, 0.6) is 0 Å². The molecule has 0 saturated carbocycles. The second-order valence-electron chi connectivity index (χ2n) is 11.3. The number of oxazole rings is 1. The summed E-state index contributed by atoms with van der Waals surface area (Å²) in [6.07, 6.45) is 1.08. The molecule has 11 nitrogen and oxygen atoms in total. The van der Waals surface area contributed by atoms with Crippen LogP contribution in [0.25, 0.3) is 56.1 Å². The van der Waals surface area contributed by atoms with Crippen molar-refractivity contribution in [3.05, 3.63) is 83.9 Å². The topological polar surface area (TPSA) is 131 Å². The molecular formula is C34H29F2N5O6S. The van der Waals surface area contributed by atoms with Crippen LogP contribution in [0.2, 0.25) is 0 Å². The normalized spacial score (nSPS) is 13.7. The van der Waals surface area contributed by atoms with Crippen LogP contribution in [-0.4, -0.2) is 70.9 Å². The van der Waals surface area contributed by atoms with E-state index < -0.39 is 27.6 Å². The van der Waals surface area contributed by atoms with Gasteiger partial charge in [0.25, 0.3) is 5.91 Å². The summed E-state index contributed by atoms with van der Waals surface area (Å²) in [6, 6.07) is 16.6. The van der Waals surface area contributed by atoms with Crippen LogP contribution in [0.1, 0.15) is 10.4 Å². The van der Waals surface area contributed by atoms with E-state index in [4.69, 9.17) is 18.6 Å². The molecule has 0 spiro atoms. The number of hydrogen-bond acceptors (Lipinski definition) is 9. The lowest BCUT2D eigenvalue weighted by atomic mass is 9.98. The maximum Gasteiger partial charge on any atom is 0.255 e. The Morgan fingerprint density at radius 1 is 0.938 bits per heavy atom. The smallest absolute Gasteiger partial charge is 0.255 e. The summed E-state index contributed by atoms with van der Waals surface area (Å²) < 4.78 is 73.2. The van der Waals surface area contributed by atoms with Gasteiger partial charge in [-0.2, -0.15) is 0 Å². The Kier molecular flexibility index (Phi) is 7.84. The number of nitrogens with zero attached hydrogens (tertiary/aromatic N) is 4. The summed E-state index contributed by atoms with van der Waals surface area (Å²) in [5, 5.41) is 3.04. The van der Waals surface area contributed by atoms with Gasteiger partial charge in [0.1, 0.15) is 34.2 Å². The molecule has 3 aromatic heterocycles. The standard InChI is InChI=1S/C34H29F2N5O6S/c1-37-33(42)30-23-17-22(26(40(2)48(3,43)44)18-28(23)46-32(30)19-7-9-21(35)10-8-19)20-15-25(38-29(16-20)41-11-13-45-14-12-41)34-39-31-24(36)5-4-6-27(31)47-34/h4-10,15-18H,11-14H2,1-3H3,(H,37,42). The molecule has 4 heterocycles. The monoisotopic (exact) mass is 673 g/mol. The Balaban J connectivity index is 1.51. The lowest BCUT2D eigenvalue weighted by molar-refractivity contribution is 0.0964. The number of halogens is 2. The minimum atomic E-state index is -3.80. The van der Waals surface area contributed by atoms with Crippen molar-refractivity contribution in [3.8, 4) is 34.0 Å². The number of benzene rings is 3. The highest BCUT2D eigenvalue weighted by Gasteiger charge is 2.27. The number of furan rings is 1. The molecule has 0 unspecified atom stereocenters. The average molecular weight is 674 g/mol. The van der Waals surface area contributed by atoms with Gasteiger partial charge in [-0.15, -0.1) is 0 Å². The second-order valence-corrected chi connectivity index (χ2v) is 13.3. The zero-order valence-electron chi connectivity index (χ0n) is 26.1. The minimum Gasteiger partial charge on any atom is -0.455 e. The molecule has 0 radical (unpaired) electrons. The molecule has 246 valence electrons. The quantitative estimate of drug-likeness (QED) is 0.222. The van der Waals surface area contributed by atoms with Gasteiger partial charge in [0.2, 0.25) is 15.9 Å². The number of hydrogen-bond donors (Lipinski definition) is 1. The number of nitrogens with one attached hydrogen (secondary N) is 1. The summed E-state index contributed by atoms with van der Waals surface area (Å²) >= 11 is 0. The molecule has 1 saturated heterocycles. The molecule has 14 heteroatoms. The zero-order valence-corrected chi connectivity index (χ0v) is 26.9. The van der Waals surface area contributed by atoms with Crippen molar-refractivity contribution >= 4 is 49.5 Å². The van der Waals surface area contributed by atoms with Gasteiger partial charge < -0.3 is 23.8 Å². The highest BCUT2D eigenvalue weighted by molar-refractivity contribution is 7.92. The lowest BCUT2D eigenvalue weighted by Gasteiger charge is -2.28. The first-order valence-electron chi connectivity index (χ1n) is 14.9. The summed E-state index contributed by atoms with van der Waals surface area (Å²) in [6.45, 7) is 2.02. The molecule has 1 fully saturated rings. The summed E-state index contributed by atoms with van der Waals surface area (Å²) in [5.74, 6) is -0.672. The van der Waals surface area contributed by atoms with Crippen molar-refractivity contribution in [1.82, 2.24) is 15.3 Å². The predicted molar refractivity (Wildman–Crippen MR) is 177 cm³/mol. The fourth-order valence-electron chi connectivity index (χ4n) is 5.72. The van der Waals surface area contributed by atoms with Crippen molar-refractivity contribution in [2.75, 3.05) is 55.9 Å². The fourth-order valence-corrected chi connectivity index (χ4v) is 6.23. The summed E-state index contributed by atoms with van der Waals surface area (Å²) in [5.41, 5.74) is 2.64. The SMILES string of the molecule is CNC(=O)c1c(-c2ccc(F)cc2)oc2cc(N(C)S(C)(=O)=O)c(-c3cc(-c4nc5c(F)cccc5o4)nc(N4CCOCC4)c3)cc12. The van der Waals surface area contributed by atoms with E-state index >= 15 is 0 Å². The number of carbonyl (C=O) groups excluding carboxylic acids is 1. The van der Waals surface area contributed by atoms with Crippen LogP contribution in [0.15, 0.2) is 75.6 Å². The molecular weight excluding hydrogens is 644 g/mol. The van der Waals surface area contributed by atoms with E-state index in [9.17, 15) is 22.0 Å². The van der Waals surface area contributed by atoms with Crippen LogP contribution in [0, 0.1) is 11.6 Å². The zero-order chi connectivity index (χ0) is 33.7. The first kappa shape index (κ1) is 31.3. The van der Waals surface area contributed by atoms with Crippen LogP contribution >= 0.6 is 0 Å². The number of aromatic nitrogens is 2. The maximum atomic E-state index is 14.6. The third-order valence-corrected chi connectivity index (χ3v) is 9.44. The number of para-hydroxylation sites is 1. The Bertz CT molecular complexity index is 2310. The van der Waals surface area contributed by atoms with Gasteiger partial charge in [0.15, 0.2) is 11.4 Å². The first-order chi connectivity index (χ1) is 23.0. The Morgan fingerprint density at radius 3 is 2.38 bits per heavy atom. The number of carbonyl (C=O) groups is 1. The molecule has 0 bridgehead atoms. The second kappa shape index (κ2) is 12.0. The third kappa shape index (κ3) is 5.62. The predicted octanol–water partition coefficient (Wildman–Crippen LogP) is 5.84. The molecule has 6 aromatic rings. The van der Waals surface area contributed by atoms with E-state index in [0.717, 1.165) is 10.6 Å².